The molecule has 0 radical (unpaired) electrons. The zero-order chi connectivity index (χ0) is 17.5. The van der Waals surface area contributed by atoms with Crippen LogP contribution < -0.4 is 5.32 Å². The van der Waals surface area contributed by atoms with E-state index in [2.05, 4.69) is 15.3 Å². The number of aromatic nitrogens is 2. The lowest BCUT2D eigenvalue weighted by atomic mass is 10.2. The van der Waals surface area contributed by atoms with Gasteiger partial charge >= 0.3 is 12.4 Å². The van der Waals surface area contributed by atoms with Crippen LogP contribution in [0.25, 0.3) is 11.0 Å². The van der Waals surface area contributed by atoms with E-state index in [9.17, 15) is 26.3 Å². The first-order valence-corrected chi connectivity index (χ1v) is 6.64. The smallest absolute Gasteiger partial charge is 0.326 e. The van der Waals surface area contributed by atoms with Gasteiger partial charge in [0.1, 0.15) is 0 Å². The summed E-state index contributed by atoms with van der Waals surface area (Å²) in [5, 5.41) is 2.62. The molecule has 0 aliphatic heterocycles. The van der Waals surface area contributed by atoms with Gasteiger partial charge in [0, 0.05) is 5.69 Å². The summed E-state index contributed by atoms with van der Waals surface area (Å²) in [5.74, 6) is 0.0450. The lowest BCUT2D eigenvalue weighted by molar-refractivity contribution is -0.138. The zero-order valence-electron chi connectivity index (χ0n) is 11.8. The Morgan fingerprint density at radius 2 is 1.50 bits per heavy atom. The van der Waals surface area contributed by atoms with Gasteiger partial charge in [0.05, 0.1) is 22.2 Å². The van der Waals surface area contributed by atoms with E-state index < -0.39 is 23.5 Å². The molecule has 0 saturated heterocycles. The molecule has 0 bridgehead atoms. The molecular formula is C15H9F6N3. The third-order valence-corrected chi connectivity index (χ3v) is 3.26. The minimum Gasteiger partial charge on any atom is -0.326 e. The van der Waals surface area contributed by atoms with E-state index in [1.165, 1.54) is 18.2 Å². The molecule has 9 heteroatoms. The minimum absolute atomic E-state index is 0.0450. The van der Waals surface area contributed by atoms with Crippen LogP contribution in [0.5, 0.6) is 0 Å². The molecule has 0 aliphatic rings. The molecule has 0 spiro atoms. The first-order chi connectivity index (χ1) is 11.1. The Morgan fingerprint density at radius 3 is 2.17 bits per heavy atom. The Kier molecular flexibility index (Phi) is 3.66. The van der Waals surface area contributed by atoms with E-state index in [-0.39, 0.29) is 22.7 Å². The van der Waals surface area contributed by atoms with Gasteiger partial charge in [-0.25, -0.2) is 4.98 Å². The summed E-state index contributed by atoms with van der Waals surface area (Å²) in [6.07, 6.45) is -8.99. The van der Waals surface area contributed by atoms with Crippen LogP contribution in [0.15, 0.2) is 42.5 Å². The number of hydrogen-bond acceptors (Lipinski definition) is 2. The standard InChI is InChI=1S/C15H9F6N3/c16-14(17,18)8-2-1-3-10(6-8)22-13-23-11-5-4-9(15(19,20)21)7-12(11)24-13/h1-7H,(H2,22,23,24). The molecule has 0 unspecified atom stereocenters. The van der Waals surface area contributed by atoms with E-state index in [4.69, 9.17) is 0 Å². The summed E-state index contributed by atoms with van der Waals surface area (Å²) in [4.78, 5) is 6.62. The number of imidazole rings is 1. The highest BCUT2D eigenvalue weighted by atomic mass is 19.4. The second kappa shape index (κ2) is 5.43. The van der Waals surface area contributed by atoms with Gasteiger partial charge in [-0.2, -0.15) is 26.3 Å². The molecule has 0 atom stereocenters. The number of alkyl halides is 6. The van der Waals surface area contributed by atoms with Crippen LogP contribution in [0.4, 0.5) is 38.0 Å². The second-order valence-corrected chi connectivity index (χ2v) is 5.02. The van der Waals surface area contributed by atoms with Crippen LogP contribution in [0.3, 0.4) is 0 Å². The monoisotopic (exact) mass is 345 g/mol. The minimum atomic E-state index is -4.49. The maximum absolute atomic E-state index is 12.7. The highest BCUT2D eigenvalue weighted by molar-refractivity contribution is 5.79. The largest absolute Gasteiger partial charge is 0.416 e. The Hall–Kier alpha value is -2.71. The number of nitrogens with one attached hydrogen (secondary N) is 2. The second-order valence-electron chi connectivity index (χ2n) is 5.02. The maximum Gasteiger partial charge on any atom is 0.416 e. The summed E-state index contributed by atoms with van der Waals surface area (Å²) < 4.78 is 76.0. The van der Waals surface area contributed by atoms with E-state index in [0.717, 1.165) is 24.3 Å². The predicted octanol–water partition coefficient (Wildman–Crippen LogP) is 5.34. The molecule has 126 valence electrons. The van der Waals surface area contributed by atoms with E-state index in [1.54, 1.807) is 0 Å². The summed E-state index contributed by atoms with van der Waals surface area (Å²) in [6.45, 7) is 0. The molecular weight excluding hydrogens is 336 g/mol. The number of rotatable bonds is 2. The number of benzene rings is 2. The van der Waals surface area contributed by atoms with Crippen LogP contribution in [0.2, 0.25) is 0 Å². The van der Waals surface area contributed by atoms with Crippen LogP contribution in [-0.2, 0) is 12.4 Å². The summed E-state index contributed by atoms with van der Waals surface area (Å²) in [5.41, 5.74) is -1.19. The molecule has 0 aliphatic carbocycles. The normalized spacial score (nSPS) is 12.6. The quantitative estimate of drug-likeness (QED) is 0.615. The molecule has 0 fully saturated rings. The first-order valence-electron chi connectivity index (χ1n) is 6.64. The number of nitrogens with zero attached hydrogens (tertiary/aromatic N) is 1. The number of fused-ring (bicyclic) bond motifs is 1. The molecule has 1 aromatic heterocycles. The summed E-state index contributed by atoms with van der Waals surface area (Å²) >= 11 is 0. The highest BCUT2D eigenvalue weighted by Crippen LogP contribution is 2.33. The number of H-pyrrole nitrogens is 1. The van der Waals surface area contributed by atoms with Gasteiger partial charge in [-0.15, -0.1) is 0 Å². The Labute approximate surface area is 131 Å². The number of anilines is 2. The highest BCUT2D eigenvalue weighted by Gasteiger charge is 2.31. The molecule has 0 saturated carbocycles. The fraction of sp³-hybridized carbons (Fsp3) is 0.133. The number of hydrogen-bond donors (Lipinski definition) is 2. The number of aromatic amines is 1. The molecule has 3 aromatic rings. The molecule has 24 heavy (non-hydrogen) atoms. The summed E-state index contributed by atoms with van der Waals surface area (Å²) in [7, 11) is 0. The van der Waals surface area contributed by atoms with Gasteiger partial charge in [-0.3, -0.25) is 0 Å². The maximum atomic E-state index is 12.7. The van der Waals surface area contributed by atoms with E-state index >= 15 is 0 Å². The van der Waals surface area contributed by atoms with Gasteiger partial charge in [0.25, 0.3) is 0 Å². The topological polar surface area (TPSA) is 40.7 Å². The van der Waals surface area contributed by atoms with Crippen LogP contribution in [0, 0.1) is 0 Å². The van der Waals surface area contributed by atoms with Crippen molar-refractivity contribution in [3.8, 4) is 0 Å². The van der Waals surface area contributed by atoms with Crippen molar-refractivity contribution in [2.45, 2.75) is 12.4 Å². The van der Waals surface area contributed by atoms with Gasteiger partial charge in [-0.05, 0) is 36.4 Å². The Morgan fingerprint density at radius 1 is 0.833 bits per heavy atom. The zero-order valence-corrected chi connectivity index (χ0v) is 11.8. The predicted molar refractivity (Wildman–Crippen MR) is 75.8 cm³/mol. The third-order valence-electron chi connectivity index (χ3n) is 3.26. The van der Waals surface area contributed by atoms with Gasteiger partial charge < -0.3 is 10.3 Å². The van der Waals surface area contributed by atoms with Crippen molar-refractivity contribution >= 4 is 22.7 Å². The van der Waals surface area contributed by atoms with Crippen molar-refractivity contribution in [3.63, 3.8) is 0 Å². The third kappa shape index (κ3) is 3.29. The van der Waals surface area contributed by atoms with Crippen LogP contribution >= 0.6 is 0 Å². The van der Waals surface area contributed by atoms with Crippen molar-refractivity contribution in [2.75, 3.05) is 5.32 Å². The molecule has 3 nitrogen and oxygen atoms in total. The fourth-order valence-corrected chi connectivity index (χ4v) is 2.16. The van der Waals surface area contributed by atoms with Gasteiger partial charge in [0.2, 0.25) is 5.95 Å². The van der Waals surface area contributed by atoms with Crippen molar-refractivity contribution in [2.24, 2.45) is 0 Å². The van der Waals surface area contributed by atoms with Crippen LogP contribution in [0.1, 0.15) is 11.1 Å². The van der Waals surface area contributed by atoms with Crippen molar-refractivity contribution in [1.82, 2.24) is 9.97 Å². The lowest BCUT2D eigenvalue weighted by Crippen LogP contribution is -2.05. The van der Waals surface area contributed by atoms with E-state index in [0.29, 0.717) is 0 Å². The number of halogens is 6. The molecule has 3 rings (SSSR count). The van der Waals surface area contributed by atoms with Crippen LogP contribution in [-0.4, -0.2) is 9.97 Å². The van der Waals surface area contributed by atoms with E-state index in [1.807, 2.05) is 0 Å². The lowest BCUT2D eigenvalue weighted by Gasteiger charge is -2.08. The average molecular weight is 345 g/mol. The Balaban J connectivity index is 1.91. The average Bonchev–Trinajstić information content (AvgIpc) is 2.87. The first kappa shape index (κ1) is 16.2. The Bertz CT molecular complexity index is 879. The van der Waals surface area contributed by atoms with Gasteiger partial charge in [-0.1, -0.05) is 6.07 Å². The fourth-order valence-electron chi connectivity index (χ4n) is 2.16. The molecule has 2 N–H and O–H groups in total. The van der Waals surface area contributed by atoms with Crippen molar-refractivity contribution < 1.29 is 26.3 Å². The molecule has 0 amide bonds. The van der Waals surface area contributed by atoms with Crippen molar-refractivity contribution in [3.05, 3.63) is 53.6 Å². The van der Waals surface area contributed by atoms with Gasteiger partial charge in [0.15, 0.2) is 0 Å². The SMILES string of the molecule is FC(F)(F)c1cccc(Nc2nc3ccc(C(F)(F)F)cc3[nH]2)c1. The summed E-state index contributed by atoms with van der Waals surface area (Å²) in [6, 6.07) is 7.37. The molecule has 2 aromatic carbocycles. The van der Waals surface area contributed by atoms with Crippen molar-refractivity contribution in [1.29, 1.82) is 0 Å². The molecule has 1 heterocycles.